The van der Waals surface area contributed by atoms with Crippen LogP contribution in [0.5, 0.6) is 0 Å². The normalized spacial score (nSPS) is 12.2. The lowest BCUT2D eigenvalue weighted by Crippen LogP contribution is -2.29. The number of terminal acetylenes is 1. The maximum atomic E-state index is 12.6. The molecule has 0 spiro atoms. The number of sulfonamides is 1. The molecule has 5 nitrogen and oxygen atoms in total. The average Bonchev–Trinajstić information content (AvgIpc) is 2.65. The monoisotopic (exact) mass is 356 g/mol. The van der Waals surface area contributed by atoms with Crippen molar-refractivity contribution in [1.29, 1.82) is 0 Å². The Morgan fingerprint density at radius 1 is 1.16 bits per heavy atom. The molecule has 1 unspecified atom stereocenters. The van der Waals surface area contributed by atoms with Gasteiger partial charge in [0.2, 0.25) is 10.0 Å². The number of amides is 1. The lowest BCUT2D eigenvalue weighted by atomic mass is 10.1. The van der Waals surface area contributed by atoms with Gasteiger partial charge in [-0.1, -0.05) is 36.3 Å². The molecule has 0 radical (unpaired) electrons. The molecule has 2 rings (SSSR count). The first kappa shape index (κ1) is 18.7. The lowest BCUT2D eigenvalue weighted by molar-refractivity contribution is 0.0742. The first-order chi connectivity index (χ1) is 11.9. The van der Waals surface area contributed by atoms with Crippen LogP contribution in [0.15, 0.2) is 59.5 Å². The fourth-order valence-electron chi connectivity index (χ4n) is 2.33. The predicted octanol–water partition coefficient (Wildman–Crippen LogP) is 2.43. The zero-order valence-electron chi connectivity index (χ0n) is 14.1. The Kier molecular flexibility index (Phi) is 5.97. The largest absolute Gasteiger partial charge is 0.335 e. The SMILES string of the molecule is C#CCNS(=O)(=O)c1ccc(C(=O)N(C)C(C)c2ccccc2)cc1. The lowest BCUT2D eigenvalue weighted by Gasteiger charge is -2.25. The number of rotatable bonds is 6. The zero-order chi connectivity index (χ0) is 18.4. The van der Waals surface area contributed by atoms with E-state index in [4.69, 9.17) is 6.42 Å². The summed E-state index contributed by atoms with van der Waals surface area (Å²) in [5, 5.41) is 0. The van der Waals surface area contributed by atoms with Crippen LogP contribution >= 0.6 is 0 Å². The van der Waals surface area contributed by atoms with E-state index in [1.807, 2.05) is 37.3 Å². The molecule has 0 saturated carbocycles. The first-order valence-electron chi connectivity index (χ1n) is 7.72. The molecule has 1 atom stereocenters. The maximum Gasteiger partial charge on any atom is 0.254 e. The summed E-state index contributed by atoms with van der Waals surface area (Å²) in [4.78, 5) is 14.3. The average molecular weight is 356 g/mol. The highest BCUT2D eigenvalue weighted by Gasteiger charge is 2.20. The molecule has 25 heavy (non-hydrogen) atoms. The zero-order valence-corrected chi connectivity index (χ0v) is 15.0. The second kappa shape index (κ2) is 7.97. The summed E-state index contributed by atoms with van der Waals surface area (Å²) >= 11 is 0. The van der Waals surface area contributed by atoms with Crippen molar-refractivity contribution in [3.63, 3.8) is 0 Å². The predicted molar refractivity (Wildman–Crippen MR) is 97.4 cm³/mol. The third-order valence-electron chi connectivity index (χ3n) is 3.96. The van der Waals surface area contributed by atoms with E-state index in [-0.39, 0.29) is 23.4 Å². The molecular formula is C19H20N2O3S. The van der Waals surface area contributed by atoms with E-state index < -0.39 is 10.0 Å². The van der Waals surface area contributed by atoms with Crippen molar-refractivity contribution in [3.8, 4) is 12.3 Å². The van der Waals surface area contributed by atoms with Crippen molar-refractivity contribution >= 4 is 15.9 Å². The van der Waals surface area contributed by atoms with Crippen LogP contribution in [0.4, 0.5) is 0 Å². The van der Waals surface area contributed by atoms with E-state index >= 15 is 0 Å². The third kappa shape index (κ3) is 4.47. The highest BCUT2D eigenvalue weighted by molar-refractivity contribution is 7.89. The van der Waals surface area contributed by atoms with Crippen molar-refractivity contribution in [2.45, 2.75) is 17.9 Å². The minimum atomic E-state index is -3.66. The number of benzene rings is 2. The molecular weight excluding hydrogens is 336 g/mol. The molecule has 0 saturated heterocycles. The molecule has 0 fully saturated rings. The molecule has 0 aliphatic rings. The van der Waals surface area contributed by atoms with Gasteiger partial charge in [0, 0.05) is 12.6 Å². The second-order valence-electron chi connectivity index (χ2n) is 5.56. The highest BCUT2D eigenvalue weighted by atomic mass is 32.2. The number of hydrogen-bond acceptors (Lipinski definition) is 3. The van der Waals surface area contributed by atoms with Crippen LogP contribution in [0, 0.1) is 12.3 Å². The van der Waals surface area contributed by atoms with Gasteiger partial charge in [-0.05, 0) is 36.8 Å². The highest BCUT2D eigenvalue weighted by Crippen LogP contribution is 2.21. The van der Waals surface area contributed by atoms with Crippen molar-refractivity contribution in [1.82, 2.24) is 9.62 Å². The summed E-state index contributed by atoms with van der Waals surface area (Å²) in [6, 6.07) is 15.4. The first-order valence-corrected chi connectivity index (χ1v) is 9.20. The minimum absolute atomic E-state index is 0.0676. The van der Waals surface area contributed by atoms with Crippen molar-refractivity contribution in [2.24, 2.45) is 0 Å². The van der Waals surface area contributed by atoms with Crippen LogP contribution < -0.4 is 4.72 Å². The van der Waals surface area contributed by atoms with Gasteiger partial charge in [-0.25, -0.2) is 8.42 Å². The number of carbonyl (C=O) groups excluding carboxylic acids is 1. The molecule has 0 bridgehead atoms. The summed E-state index contributed by atoms with van der Waals surface area (Å²) in [6.45, 7) is 1.86. The van der Waals surface area contributed by atoms with Gasteiger partial charge >= 0.3 is 0 Å². The Morgan fingerprint density at radius 3 is 2.32 bits per heavy atom. The van der Waals surface area contributed by atoms with E-state index in [1.54, 1.807) is 11.9 Å². The summed E-state index contributed by atoms with van der Waals surface area (Å²) in [5.41, 5.74) is 1.44. The van der Waals surface area contributed by atoms with E-state index in [1.165, 1.54) is 24.3 Å². The van der Waals surface area contributed by atoms with Crippen molar-refractivity contribution in [2.75, 3.05) is 13.6 Å². The number of hydrogen-bond donors (Lipinski definition) is 1. The minimum Gasteiger partial charge on any atom is -0.335 e. The van der Waals surface area contributed by atoms with Crippen LogP contribution in [0.3, 0.4) is 0 Å². The quantitative estimate of drug-likeness (QED) is 0.809. The van der Waals surface area contributed by atoms with Gasteiger partial charge in [0.25, 0.3) is 5.91 Å². The Hall–Kier alpha value is -2.62. The Morgan fingerprint density at radius 2 is 1.76 bits per heavy atom. The maximum absolute atomic E-state index is 12.6. The number of nitrogens with one attached hydrogen (secondary N) is 1. The summed E-state index contributed by atoms with van der Waals surface area (Å²) < 4.78 is 26.3. The Bertz CT molecular complexity index is 869. The van der Waals surface area contributed by atoms with E-state index in [0.29, 0.717) is 5.56 Å². The summed E-state index contributed by atoms with van der Waals surface area (Å²) in [5.74, 6) is 2.03. The molecule has 6 heteroatoms. The Balaban J connectivity index is 2.16. The van der Waals surface area contributed by atoms with Gasteiger partial charge in [-0.3, -0.25) is 4.79 Å². The molecule has 1 N–H and O–H groups in total. The third-order valence-corrected chi connectivity index (χ3v) is 5.38. The summed E-state index contributed by atoms with van der Waals surface area (Å²) in [7, 11) is -1.94. The van der Waals surface area contributed by atoms with E-state index in [2.05, 4.69) is 10.6 Å². The molecule has 0 aliphatic carbocycles. The molecule has 0 aliphatic heterocycles. The van der Waals surface area contributed by atoms with Crippen LogP contribution in [0.25, 0.3) is 0 Å². The number of nitrogens with zero attached hydrogens (tertiary/aromatic N) is 1. The van der Waals surface area contributed by atoms with Crippen molar-refractivity contribution in [3.05, 3.63) is 65.7 Å². The standard InChI is InChI=1S/C19H20N2O3S/c1-4-14-20-25(23,24)18-12-10-17(11-13-18)19(22)21(3)15(2)16-8-6-5-7-9-16/h1,5-13,15,20H,14H2,2-3H3. The van der Waals surface area contributed by atoms with Crippen LogP contribution in [0.2, 0.25) is 0 Å². The molecule has 2 aromatic rings. The summed E-state index contributed by atoms with van der Waals surface area (Å²) in [6.07, 6.45) is 5.06. The molecule has 2 aromatic carbocycles. The van der Waals surface area contributed by atoms with Gasteiger partial charge in [0.05, 0.1) is 17.5 Å². The van der Waals surface area contributed by atoms with Crippen LogP contribution in [-0.2, 0) is 10.0 Å². The van der Waals surface area contributed by atoms with Crippen molar-refractivity contribution < 1.29 is 13.2 Å². The van der Waals surface area contributed by atoms with E-state index in [0.717, 1.165) is 5.56 Å². The van der Waals surface area contributed by atoms with Gasteiger partial charge in [0.1, 0.15) is 0 Å². The molecule has 0 heterocycles. The molecule has 1 amide bonds. The topological polar surface area (TPSA) is 66.5 Å². The fraction of sp³-hybridized carbons (Fsp3) is 0.211. The second-order valence-corrected chi connectivity index (χ2v) is 7.32. The molecule has 0 aromatic heterocycles. The van der Waals surface area contributed by atoms with Gasteiger partial charge in [-0.15, -0.1) is 6.42 Å². The smallest absolute Gasteiger partial charge is 0.254 e. The van der Waals surface area contributed by atoms with Crippen LogP contribution in [-0.4, -0.2) is 32.8 Å². The van der Waals surface area contributed by atoms with Crippen LogP contribution in [0.1, 0.15) is 28.9 Å². The molecule has 130 valence electrons. The van der Waals surface area contributed by atoms with Gasteiger partial charge in [-0.2, -0.15) is 4.72 Å². The van der Waals surface area contributed by atoms with Gasteiger partial charge in [0.15, 0.2) is 0 Å². The Labute approximate surface area is 148 Å². The van der Waals surface area contributed by atoms with E-state index in [9.17, 15) is 13.2 Å². The fourth-order valence-corrected chi connectivity index (χ4v) is 3.27. The number of carbonyl (C=O) groups is 1. The van der Waals surface area contributed by atoms with Gasteiger partial charge < -0.3 is 4.90 Å².